The van der Waals surface area contributed by atoms with Crippen molar-refractivity contribution in [2.45, 2.75) is 57.8 Å². The summed E-state index contributed by atoms with van der Waals surface area (Å²) >= 11 is 0. The second-order valence-electron chi connectivity index (χ2n) is 32.9. The molecule has 0 N–H and O–H groups in total. The van der Waals surface area contributed by atoms with E-state index in [4.69, 9.17) is 10.2 Å². The third kappa shape index (κ3) is 9.31. The predicted octanol–water partition coefficient (Wildman–Crippen LogP) is 27.8. The number of hydrogen-bond donors (Lipinski definition) is 0. The van der Waals surface area contributed by atoms with Crippen molar-refractivity contribution in [2.24, 2.45) is 0 Å². The number of aromatic nitrogens is 5. The van der Waals surface area contributed by atoms with E-state index in [1.165, 1.54) is 132 Å². The summed E-state index contributed by atoms with van der Waals surface area (Å²) in [6.07, 6.45) is 0. The van der Waals surface area contributed by atoms with Crippen LogP contribution in [0.1, 0.15) is 74.9 Å². The first-order valence-corrected chi connectivity index (χ1v) is 39.3. The van der Waals surface area contributed by atoms with E-state index in [0.717, 1.165) is 94.6 Å². The summed E-state index contributed by atoms with van der Waals surface area (Å²) < 4.78 is 7.29. The number of nitrogens with zero attached hydrogens (tertiary/aromatic N) is 5. The van der Waals surface area contributed by atoms with Gasteiger partial charge in [-0.15, -0.1) is 10.2 Å². The maximum atomic E-state index is 5.42. The summed E-state index contributed by atoms with van der Waals surface area (Å²) in [6.45, 7) is 14.1. The van der Waals surface area contributed by atoms with Gasteiger partial charge in [0.05, 0.1) is 33.1 Å². The van der Waals surface area contributed by atoms with Gasteiger partial charge in [-0.3, -0.25) is 0 Å². The highest BCUT2D eigenvalue weighted by Gasteiger charge is 2.38. The maximum absolute atomic E-state index is 5.42. The molecule has 0 aliphatic heterocycles. The zero-order valence-electron chi connectivity index (χ0n) is 63.1. The lowest BCUT2D eigenvalue weighted by Gasteiger charge is -2.21. The summed E-state index contributed by atoms with van der Waals surface area (Å²) in [5.74, 6) is 0. The first kappa shape index (κ1) is 64.3. The van der Waals surface area contributed by atoms with Gasteiger partial charge in [-0.25, -0.2) is 0 Å². The van der Waals surface area contributed by atoms with Crippen molar-refractivity contribution in [3.8, 4) is 117 Å². The van der Waals surface area contributed by atoms with Gasteiger partial charge in [0.25, 0.3) is 0 Å². The number of fused-ring (bicyclic) bond motifs is 19. The molecule has 0 fully saturated rings. The molecule has 16 aromatic carbocycles. The highest BCUT2D eigenvalue weighted by atomic mass is 15.1. The van der Waals surface area contributed by atoms with E-state index < -0.39 is 0 Å². The Morgan fingerprint density at radius 2 is 0.446 bits per heavy atom. The summed E-state index contributed by atoms with van der Waals surface area (Å²) in [5.41, 5.74) is 39.1. The largest absolute Gasteiger partial charge is 0.309 e. The molecule has 3 aliphatic rings. The molecule has 0 saturated heterocycles. The number of rotatable bonds is 9. The molecular weight excluding hydrogens is 1360 g/mol. The molecule has 4 aromatic heterocycles. The first-order chi connectivity index (χ1) is 54.8. The van der Waals surface area contributed by atoms with Crippen LogP contribution >= 0.6 is 0 Å². The molecule has 3 aliphatic carbocycles. The van der Waals surface area contributed by atoms with Gasteiger partial charge in [-0.05, 0) is 227 Å². The molecule has 0 radical (unpaired) electrons. The van der Waals surface area contributed by atoms with Gasteiger partial charge in [0.2, 0.25) is 0 Å². The lowest BCUT2D eigenvalue weighted by molar-refractivity contribution is 0.660. The zero-order chi connectivity index (χ0) is 74.6. The van der Waals surface area contributed by atoms with Gasteiger partial charge in [0.15, 0.2) is 0 Å². The topological polar surface area (TPSA) is 40.6 Å². The SMILES string of the molecule is CC1(C)c2ccccc2-c2cc(-c3ccc4c(c3)c3ccccc3n4-c3cccc(-c4ccc5c(-c6cccc(-n7c8ccccc8c8cc(-c9ccc%10c(c9)-c9ccccc9C%10(C)C)ccc87)c6)nnc(-c6cccc(-n7c8ccccc8c8cc(-c9ccc%10c(c9)-c9ccccc9C%10(C)C)ccc87)c6)c5c4)c3)ccc21. The second kappa shape index (κ2) is 23.6. The zero-order valence-corrected chi connectivity index (χ0v) is 63.1. The minimum Gasteiger partial charge on any atom is -0.309 e. The lowest BCUT2D eigenvalue weighted by atomic mass is 9.82. The fourth-order valence-electron chi connectivity index (χ4n) is 20.2. The van der Waals surface area contributed by atoms with Crippen molar-refractivity contribution in [3.63, 3.8) is 0 Å². The summed E-state index contributed by atoms with van der Waals surface area (Å²) in [4.78, 5) is 0. The Bertz CT molecular complexity index is 7490. The third-order valence-corrected chi connectivity index (χ3v) is 25.7. The molecule has 23 rings (SSSR count). The molecule has 20 aromatic rings. The van der Waals surface area contributed by atoms with E-state index in [0.29, 0.717) is 0 Å². The van der Waals surface area contributed by atoms with E-state index in [1.807, 2.05) is 0 Å². The smallest absolute Gasteiger partial charge is 0.101 e. The molecule has 0 unspecified atom stereocenters. The Hall–Kier alpha value is -13.7. The molecule has 0 saturated carbocycles. The number of para-hydroxylation sites is 3. The standard InChI is InChI=1S/C107H75N5/c1-105(2)91-34-13-7-28-77(91)84-57-66(41-48-94(84)105)69-44-51-100-87(60-69)80-31-10-16-37-97(80)110(100)74-25-19-22-64(54-74)65-40-47-83-90(63-65)104(73-24-21-27-76(56-73)112-99-39-18-12-33-82(99)89-62-71(46-53-102(89)112)68-43-50-96-86(59-68)79-30-9-15-36-93(79)107(96,5)6)109-108-103(83)72-23-20-26-75(55-72)111-98-38-17-11-32-81(98)88-61-70(45-52-101(88)111)67-42-49-95-85(58-67)78-29-8-14-35-92(78)106(95,3)4/h7-63H,1-6H3. The van der Waals surface area contributed by atoms with Crippen LogP contribution < -0.4 is 0 Å². The normalized spacial score (nSPS) is 14.0. The van der Waals surface area contributed by atoms with E-state index in [2.05, 4.69) is 401 Å². The van der Waals surface area contributed by atoms with Gasteiger partial charge in [-0.2, -0.15) is 0 Å². The van der Waals surface area contributed by atoms with Crippen LogP contribution in [-0.4, -0.2) is 23.9 Å². The van der Waals surface area contributed by atoms with Gasteiger partial charge in [0, 0.05) is 87.5 Å². The van der Waals surface area contributed by atoms with Gasteiger partial charge < -0.3 is 13.7 Å². The lowest BCUT2D eigenvalue weighted by Crippen LogP contribution is -2.14. The van der Waals surface area contributed by atoms with Crippen LogP contribution in [0, 0.1) is 0 Å². The summed E-state index contributed by atoms with van der Waals surface area (Å²) in [6, 6.07) is 129. The van der Waals surface area contributed by atoms with Crippen LogP contribution in [0.25, 0.3) is 194 Å². The van der Waals surface area contributed by atoms with Crippen molar-refractivity contribution in [2.75, 3.05) is 0 Å². The van der Waals surface area contributed by atoms with Crippen LogP contribution in [0.5, 0.6) is 0 Å². The van der Waals surface area contributed by atoms with Crippen LogP contribution in [0.2, 0.25) is 0 Å². The highest BCUT2D eigenvalue weighted by Crippen LogP contribution is 2.54. The minimum atomic E-state index is -0.0603. The molecule has 0 atom stereocenters. The fraction of sp³-hybridized carbons (Fsp3) is 0.0841. The number of benzene rings is 16. The van der Waals surface area contributed by atoms with Crippen molar-refractivity contribution in [3.05, 3.63) is 379 Å². The molecule has 0 bridgehead atoms. The van der Waals surface area contributed by atoms with Gasteiger partial charge in [0.1, 0.15) is 11.4 Å². The monoisotopic (exact) mass is 1430 g/mol. The highest BCUT2D eigenvalue weighted by molar-refractivity contribution is 6.14. The second-order valence-corrected chi connectivity index (χ2v) is 32.9. The summed E-state index contributed by atoms with van der Waals surface area (Å²) in [5, 5.41) is 20.1. The number of hydrogen-bond acceptors (Lipinski definition) is 2. The molecule has 5 heteroatoms. The van der Waals surface area contributed by atoms with Crippen LogP contribution in [-0.2, 0) is 16.2 Å². The Morgan fingerprint density at radius 1 is 0.179 bits per heavy atom. The van der Waals surface area contributed by atoms with E-state index in [9.17, 15) is 0 Å². The van der Waals surface area contributed by atoms with Gasteiger partial charge in [-0.1, -0.05) is 272 Å². The minimum absolute atomic E-state index is 0.0543. The van der Waals surface area contributed by atoms with Crippen LogP contribution in [0.4, 0.5) is 0 Å². The Labute approximate surface area is 650 Å². The molecule has 112 heavy (non-hydrogen) atoms. The molecule has 528 valence electrons. The molecule has 5 nitrogen and oxygen atoms in total. The Morgan fingerprint density at radius 3 is 0.830 bits per heavy atom. The Balaban J connectivity index is 0.657. The maximum Gasteiger partial charge on any atom is 0.101 e. The van der Waals surface area contributed by atoms with E-state index in [-0.39, 0.29) is 16.2 Å². The van der Waals surface area contributed by atoms with Crippen molar-refractivity contribution < 1.29 is 0 Å². The average molecular weight is 1430 g/mol. The fourth-order valence-corrected chi connectivity index (χ4v) is 20.2. The average Bonchev–Trinajstić information content (AvgIpc) is 1.55. The van der Waals surface area contributed by atoms with Crippen LogP contribution in [0.3, 0.4) is 0 Å². The predicted molar refractivity (Wildman–Crippen MR) is 468 cm³/mol. The Kier molecular flexibility index (Phi) is 13.6. The molecule has 4 heterocycles. The quantitative estimate of drug-likeness (QED) is 0.144. The van der Waals surface area contributed by atoms with E-state index >= 15 is 0 Å². The van der Waals surface area contributed by atoms with Crippen molar-refractivity contribution in [1.82, 2.24) is 23.9 Å². The summed E-state index contributed by atoms with van der Waals surface area (Å²) in [7, 11) is 0. The van der Waals surface area contributed by atoms with E-state index in [1.54, 1.807) is 0 Å². The van der Waals surface area contributed by atoms with Crippen molar-refractivity contribution in [1.29, 1.82) is 0 Å². The molecular formula is C107H75N5. The molecule has 0 spiro atoms. The van der Waals surface area contributed by atoms with Crippen molar-refractivity contribution >= 4 is 76.2 Å². The first-order valence-electron chi connectivity index (χ1n) is 39.3. The molecule has 0 amide bonds. The van der Waals surface area contributed by atoms with Crippen LogP contribution in [0.15, 0.2) is 346 Å². The van der Waals surface area contributed by atoms with Gasteiger partial charge >= 0.3 is 0 Å². The third-order valence-electron chi connectivity index (χ3n) is 25.7.